The maximum absolute atomic E-state index is 13.3. The van der Waals surface area contributed by atoms with Gasteiger partial charge in [-0.2, -0.15) is 0 Å². The van der Waals surface area contributed by atoms with Crippen molar-refractivity contribution in [1.29, 1.82) is 0 Å². The standard InChI is InChI=1S/C22H28ClN3O5S/c1-5-24-22(28)16(2)25(14-17-9-11-18(23)12-10-17)21(27)15-26(32(4,29)30)19-7-6-8-20(13-19)31-3/h6-13,16H,5,14-15H2,1-4H3,(H,24,28)/t16-/m1/s1. The Labute approximate surface area is 194 Å². The van der Waals surface area contributed by atoms with Crippen molar-refractivity contribution in [1.82, 2.24) is 10.2 Å². The van der Waals surface area contributed by atoms with Gasteiger partial charge in [0.15, 0.2) is 0 Å². The lowest BCUT2D eigenvalue weighted by atomic mass is 10.1. The molecule has 0 aliphatic carbocycles. The fourth-order valence-electron chi connectivity index (χ4n) is 3.07. The molecule has 10 heteroatoms. The molecule has 174 valence electrons. The zero-order valence-electron chi connectivity index (χ0n) is 18.5. The Balaban J connectivity index is 2.38. The Bertz CT molecular complexity index is 1040. The van der Waals surface area contributed by atoms with E-state index in [-0.39, 0.29) is 18.1 Å². The maximum Gasteiger partial charge on any atom is 0.244 e. The fourth-order valence-corrected chi connectivity index (χ4v) is 4.04. The number of methoxy groups -OCH3 is 1. The lowest BCUT2D eigenvalue weighted by molar-refractivity contribution is -0.139. The first-order valence-electron chi connectivity index (χ1n) is 10.00. The molecule has 1 N–H and O–H groups in total. The van der Waals surface area contributed by atoms with Crippen LogP contribution in [0.3, 0.4) is 0 Å². The van der Waals surface area contributed by atoms with Crippen molar-refractivity contribution in [2.75, 3.05) is 30.8 Å². The van der Waals surface area contributed by atoms with E-state index in [1.54, 1.807) is 56.3 Å². The number of ether oxygens (including phenoxy) is 1. The average Bonchev–Trinajstić information content (AvgIpc) is 2.75. The summed E-state index contributed by atoms with van der Waals surface area (Å²) < 4.78 is 31.2. The van der Waals surface area contributed by atoms with Gasteiger partial charge in [0, 0.05) is 24.2 Å². The molecule has 0 bridgehead atoms. The smallest absolute Gasteiger partial charge is 0.244 e. The van der Waals surface area contributed by atoms with Crippen molar-refractivity contribution in [2.45, 2.75) is 26.4 Å². The molecule has 0 fully saturated rings. The summed E-state index contributed by atoms with van der Waals surface area (Å²) in [6, 6.07) is 12.5. The topological polar surface area (TPSA) is 96.0 Å². The minimum absolute atomic E-state index is 0.115. The molecule has 1 atom stereocenters. The summed E-state index contributed by atoms with van der Waals surface area (Å²) in [7, 11) is -2.32. The number of carbonyl (C=O) groups is 2. The highest BCUT2D eigenvalue weighted by Gasteiger charge is 2.30. The van der Waals surface area contributed by atoms with E-state index in [4.69, 9.17) is 16.3 Å². The molecule has 32 heavy (non-hydrogen) atoms. The second-order valence-corrected chi connectivity index (χ2v) is 9.53. The lowest BCUT2D eigenvalue weighted by Crippen LogP contribution is -2.51. The zero-order valence-corrected chi connectivity index (χ0v) is 20.1. The molecule has 0 aliphatic rings. The van der Waals surface area contributed by atoms with Gasteiger partial charge < -0.3 is 15.0 Å². The molecular weight excluding hydrogens is 454 g/mol. The average molecular weight is 482 g/mol. The molecular formula is C22H28ClN3O5S. The number of amides is 2. The quantitative estimate of drug-likeness (QED) is 0.562. The van der Waals surface area contributed by atoms with Crippen molar-refractivity contribution < 1.29 is 22.7 Å². The van der Waals surface area contributed by atoms with Crippen LogP contribution in [0.15, 0.2) is 48.5 Å². The first kappa shape index (κ1) is 25.5. The highest BCUT2D eigenvalue weighted by Crippen LogP contribution is 2.24. The van der Waals surface area contributed by atoms with Gasteiger partial charge in [-0.1, -0.05) is 29.8 Å². The molecule has 0 saturated heterocycles. The Morgan fingerprint density at radius 2 is 1.81 bits per heavy atom. The van der Waals surface area contributed by atoms with Crippen molar-refractivity contribution in [2.24, 2.45) is 0 Å². The monoisotopic (exact) mass is 481 g/mol. The fraction of sp³-hybridized carbons (Fsp3) is 0.364. The summed E-state index contributed by atoms with van der Waals surface area (Å²) in [5.74, 6) is -0.397. The molecule has 0 radical (unpaired) electrons. The van der Waals surface area contributed by atoms with Gasteiger partial charge in [-0.05, 0) is 43.7 Å². The Kier molecular flexibility index (Phi) is 8.91. The SMILES string of the molecule is CCNC(=O)[C@@H](C)N(Cc1ccc(Cl)cc1)C(=O)CN(c1cccc(OC)c1)S(C)(=O)=O. The molecule has 8 nitrogen and oxygen atoms in total. The van der Waals surface area contributed by atoms with Gasteiger partial charge >= 0.3 is 0 Å². The number of nitrogens with zero attached hydrogens (tertiary/aromatic N) is 2. The molecule has 2 rings (SSSR count). The molecule has 2 aromatic carbocycles. The van der Waals surface area contributed by atoms with E-state index in [9.17, 15) is 18.0 Å². The van der Waals surface area contributed by atoms with E-state index < -0.39 is 28.5 Å². The number of anilines is 1. The van der Waals surface area contributed by atoms with Gasteiger partial charge in [0.1, 0.15) is 18.3 Å². The molecule has 2 aromatic rings. The van der Waals surface area contributed by atoms with E-state index in [2.05, 4.69) is 5.32 Å². The first-order chi connectivity index (χ1) is 15.1. The molecule has 0 unspecified atom stereocenters. The molecule has 2 amide bonds. The van der Waals surface area contributed by atoms with Crippen LogP contribution in [0.4, 0.5) is 5.69 Å². The summed E-state index contributed by atoms with van der Waals surface area (Å²) in [6.45, 7) is 3.44. The summed E-state index contributed by atoms with van der Waals surface area (Å²) in [5, 5.41) is 3.25. The second kappa shape index (κ2) is 11.2. The van der Waals surface area contributed by atoms with E-state index >= 15 is 0 Å². The molecule has 0 heterocycles. The first-order valence-corrected chi connectivity index (χ1v) is 12.2. The van der Waals surface area contributed by atoms with E-state index in [1.807, 2.05) is 0 Å². The normalized spacial score (nSPS) is 12.0. The van der Waals surface area contributed by atoms with Crippen molar-refractivity contribution in [3.05, 3.63) is 59.1 Å². The highest BCUT2D eigenvalue weighted by molar-refractivity contribution is 7.92. The third-order valence-corrected chi connectivity index (χ3v) is 6.20. The number of sulfonamides is 1. The Hall–Kier alpha value is -2.78. The molecule has 0 aliphatic heterocycles. The summed E-state index contributed by atoms with van der Waals surface area (Å²) in [6.07, 6.45) is 1.02. The van der Waals surface area contributed by atoms with Crippen LogP contribution in [0.25, 0.3) is 0 Å². The van der Waals surface area contributed by atoms with Crippen LogP contribution in [0.5, 0.6) is 5.75 Å². The number of halogens is 1. The van der Waals surface area contributed by atoms with Crippen LogP contribution < -0.4 is 14.4 Å². The number of hydrogen-bond donors (Lipinski definition) is 1. The van der Waals surface area contributed by atoms with Crippen LogP contribution in [0.2, 0.25) is 5.02 Å². The largest absolute Gasteiger partial charge is 0.497 e. The number of carbonyl (C=O) groups excluding carboxylic acids is 2. The third-order valence-electron chi connectivity index (χ3n) is 4.80. The summed E-state index contributed by atoms with van der Waals surface area (Å²) in [5.41, 5.74) is 1.04. The van der Waals surface area contributed by atoms with Gasteiger partial charge in [-0.15, -0.1) is 0 Å². The number of hydrogen-bond acceptors (Lipinski definition) is 5. The summed E-state index contributed by atoms with van der Waals surface area (Å²) >= 11 is 5.95. The third kappa shape index (κ3) is 6.86. The molecule has 0 spiro atoms. The van der Waals surface area contributed by atoms with Crippen LogP contribution in [-0.4, -0.2) is 57.6 Å². The highest BCUT2D eigenvalue weighted by atomic mass is 35.5. The number of rotatable bonds is 10. The van der Waals surface area contributed by atoms with Gasteiger partial charge in [-0.25, -0.2) is 8.42 Å². The lowest BCUT2D eigenvalue weighted by Gasteiger charge is -2.31. The van der Waals surface area contributed by atoms with Crippen LogP contribution in [0.1, 0.15) is 19.4 Å². The van der Waals surface area contributed by atoms with Gasteiger partial charge in [0.25, 0.3) is 0 Å². The number of benzene rings is 2. The van der Waals surface area contributed by atoms with Crippen molar-refractivity contribution >= 4 is 39.1 Å². The van der Waals surface area contributed by atoms with E-state index in [0.717, 1.165) is 16.1 Å². The van der Waals surface area contributed by atoms with Gasteiger partial charge in [0.05, 0.1) is 19.1 Å². The predicted molar refractivity (Wildman–Crippen MR) is 125 cm³/mol. The zero-order chi connectivity index (χ0) is 23.9. The van der Waals surface area contributed by atoms with Crippen LogP contribution in [-0.2, 0) is 26.2 Å². The Morgan fingerprint density at radius 1 is 1.16 bits per heavy atom. The second-order valence-electron chi connectivity index (χ2n) is 7.19. The van der Waals surface area contributed by atoms with Crippen molar-refractivity contribution in [3.8, 4) is 5.75 Å². The van der Waals surface area contributed by atoms with Crippen LogP contribution >= 0.6 is 11.6 Å². The number of nitrogens with one attached hydrogen (secondary N) is 1. The Morgan fingerprint density at radius 3 is 2.38 bits per heavy atom. The molecule has 0 saturated carbocycles. The minimum atomic E-state index is -3.79. The van der Waals surface area contributed by atoms with E-state index in [0.29, 0.717) is 17.3 Å². The maximum atomic E-state index is 13.3. The van der Waals surface area contributed by atoms with Gasteiger partial charge in [-0.3, -0.25) is 13.9 Å². The van der Waals surface area contributed by atoms with Crippen LogP contribution in [0, 0.1) is 0 Å². The van der Waals surface area contributed by atoms with Gasteiger partial charge in [0.2, 0.25) is 21.8 Å². The number of likely N-dealkylation sites (N-methyl/N-ethyl adjacent to an activating group) is 1. The predicted octanol–water partition coefficient (Wildman–Crippen LogP) is 2.67. The van der Waals surface area contributed by atoms with Crippen molar-refractivity contribution in [3.63, 3.8) is 0 Å². The molecule has 0 aromatic heterocycles. The van der Waals surface area contributed by atoms with E-state index in [1.165, 1.54) is 18.1 Å². The minimum Gasteiger partial charge on any atom is -0.497 e. The summed E-state index contributed by atoms with van der Waals surface area (Å²) in [4.78, 5) is 27.2.